The van der Waals surface area contributed by atoms with Crippen molar-refractivity contribution in [3.63, 3.8) is 0 Å². The molecule has 132 valence electrons. The van der Waals surface area contributed by atoms with Crippen LogP contribution in [0.15, 0.2) is 52.4 Å². The van der Waals surface area contributed by atoms with Gasteiger partial charge in [0.05, 0.1) is 6.21 Å². The van der Waals surface area contributed by atoms with Gasteiger partial charge in [0.15, 0.2) is 0 Å². The normalized spacial score (nSPS) is 11.2. The third-order valence-corrected chi connectivity index (χ3v) is 4.33. The first-order valence-electron chi connectivity index (χ1n) is 7.38. The number of hydrogen-bond donors (Lipinski definition) is 1. The summed E-state index contributed by atoms with van der Waals surface area (Å²) in [6.45, 7) is 0. The van der Waals surface area contributed by atoms with Gasteiger partial charge in [-0.25, -0.2) is 4.39 Å². The van der Waals surface area contributed by atoms with E-state index < -0.39 is 5.56 Å². The van der Waals surface area contributed by atoms with Crippen LogP contribution < -0.4 is 5.56 Å². The quantitative estimate of drug-likeness (QED) is 0.519. The fourth-order valence-corrected chi connectivity index (χ4v) is 2.81. The molecule has 0 fully saturated rings. The van der Waals surface area contributed by atoms with Gasteiger partial charge in [-0.1, -0.05) is 41.4 Å². The van der Waals surface area contributed by atoms with Gasteiger partial charge in [-0.15, -0.1) is 0 Å². The SMILES string of the molecule is O=c1c(Cc2ccc(Cl)cc2Cl)n[nH]c(=S)n1/N=C/c1ccc(F)cc1. The molecule has 0 radical (unpaired) electrons. The highest BCUT2D eigenvalue weighted by molar-refractivity contribution is 7.71. The van der Waals surface area contributed by atoms with Gasteiger partial charge in [0.25, 0.3) is 5.56 Å². The number of H-pyrrole nitrogens is 1. The summed E-state index contributed by atoms with van der Waals surface area (Å²) in [6.07, 6.45) is 1.59. The fourth-order valence-electron chi connectivity index (χ4n) is 2.16. The molecular weight excluding hydrogens is 398 g/mol. The number of benzene rings is 2. The lowest BCUT2D eigenvalue weighted by Crippen LogP contribution is -2.25. The van der Waals surface area contributed by atoms with Crippen LogP contribution in [0, 0.1) is 10.6 Å². The molecule has 0 spiro atoms. The number of nitrogens with zero attached hydrogens (tertiary/aromatic N) is 3. The molecule has 0 saturated heterocycles. The Morgan fingerprint density at radius 3 is 2.65 bits per heavy atom. The standard InChI is InChI=1S/C17H11Cl2FN4OS/c18-12-4-3-11(14(19)8-12)7-15-16(25)24(17(26)23-22-15)21-9-10-1-5-13(20)6-2-10/h1-6,8-9H,7H2,(H,23,26)/b21-9+. The number of hydrogen-bond acceptors (Lipinski definition) is 4. The summed E-state index contributed by atoms with van der Waals surface area (Å²) < 4.78 is 14.0. The van der Waals surface area contributed by atoms with Gasteiger partial charge < -0.3 is 0 Å². The van der Waals surface area contributed by atoms with Crippen LogP contribution in [0.3, 0.4) is 0 Å². The first-order valence-corrected chi connectivity index (χ1v) is 8.55. The van der Waals surface area contributed by atoms with E-state index >= 15 is 0 Å². The first-order chi connectivity index (χ1) is 12.4. The van der Waals surface area contributed by atoms with Crippen molar-refractivity contribution < 1.29 is 4.39 Å². The van der Waals surface area contributed by atoms with Crippen LogP contribution in [0.2, 0.25) is 10.0 Å². The second-order valence-corrected chi connectivity index (χ2v) is 6.53. The molecule has 1 heterocycles. The van der Waals surface area contributed by atoms with E-state index in [1.807, 2.05) is 0 Å². The second-order valence-electron chi connectivity index (χ2n) is 5.30. The minimum absolute atomic E-state index is 0.0410. The molecule has 5 nitrogen and oxygen atoms in total. The summed E-state index contributed by atoms with van der Waals surface area (Å²) in [6, 6.07) is 10.7. The zero-order chi connectivity index (χ0) is 18.7. The molecule has 3 aromatic rings. The van der Waals surface area contributed by atoms with E-state index in [0.29, 0.717) is 21.2 Å². The molecule has 0 atom stereocenters. The van der Waals surface area contributed by atoms with Crippen LogP contribution in [0.4, 0.5) is 4.39 Å². The lowest BCUT2D eigenvalue weighted by molar-refractivity contribution is 0.628. The molecule has 0 unspecified atom stereocenters. The minimum atomic E-state index is -0.474. The summed E-state index contributed by atoms with van der Waals surface area (Å²) in [4.78, 5) is 12.6. The molecule has 0 aliphatic carbocycles. The Kier molecular flexibility index (Phi) is 5.61. The largest absolute Gasteiger partial charge is 0.297 e. The molecular formula is C17H11Cl2FN4OS. The highest BCUT2D eigenvalue weighted by Gasteiger charge is 2.10. The van der Waals surface area contributed by atoms with Gasteiger partial charge >= 0.3 is 0 Å². The van der Waals surface area contributed by atoms with E-state index in [9.17, 15) is 9.18 Å². The summed E-state index contributed by atoms with van der Waals surface area (Å²) >= 11 is 17.1. The smallest absolute Gasteiger partial charge is 0.265 e. The van der Waals surface area contributed by atoms with E-state index in [4.69, 9.17) is 35.4 Å². The van der Waals surface area contributed by atoms with Crippen molar-refractivity contribution in [2.24, 2.45) is 5.10 Å². The molecule has 0 saturated carbocycles. The molecule has 26 heavy (non-hydrogen) atoms. The molecule has 9 heteroatoms. The molecule has 0 aliphatic heterocycles. The molecule has 2 aromatic carbocycles. The summed E-state index contributed by atoms with van der Waals surface area (Å²) in [5, 5.41) is 11.6. The summed E-state index contributed by atoms with van der Waals surface area (Å²) in [5.41, 5.74) is 1.03. The zero-order valence-electron chi connectivity index (χ0n) is 13.1. The average molecular weight is 409 g/mol. The lowest BCUT2D eigenvalue weighted by atomic mass is 10.1. The Bertz CT molecular complexity index is 1090. The van der Waals surface area contributed by atoms with Crippen molar-refractivity contribution in [3.05, 3.63) is 90.3 Å². The van der Waals surface area contributed by atoms with E-state index in [1.165, 1.54) is 30.5 Å². The fraction of sp³-hybridized carbons (Fsp3) is 0.0588. The van der Waals surface area contributed by atoms with Crippen molar-refractivity contribution in [3.8, 4) is 0 Å². The third kappa shape index (κ3) is 4.24. The van der Waals surface area contributed by atoms with E-state index in [-0.39, 0.29) is 22.7 Å². The predicted molar refractivity (Wildman–Crippen MR) is 102 cm³/mol. The maximum atomic E-state index is 12.9. The Hall–Kier alpha value is -2.35. The van der Waals surface area contributed by atoms with Crippen LogP contribution >= 0.6 is 35.4 Å². The van der Waals surface area contributed by atoms with Gasteiger partial charge in [-0.05, 0) is 47.6 Å². The monoisotopic (exact) mass is 408 g/mol. The van der Waals surface area contributed by atoms with Crippen LogP contribution in [0.1, 0.15) is 16.8 Å². The number of halogens is 3. The van der Waals surface area contributed by atoms with Crippen molar-refractivity contribution in [1.82, 2.24) is 14.9 Å². The Labute approximate surface area is 162 Å². The molecule has 0 aliphatic rings. The van der Waals surface area contributed by atoms with Gasteiger partial charge in [-0.3, -0.25) is 9.89 Å². The van der Waals surface area contributed by atoms with E-state index in [0.717, 1.165) is 4.68 Å². The van der Waals surface area contributed by atoms with Crippen LogP contribution in [-0.2, 0) is 6.42 Å². The van der Waals surface area contributed by atoms with Gasteiger partial charge in [0.2, 0.25) is 4.77 Å². The van der Waals surface area contributed by atoms with Gasteiger partial charge in [0, 0.05) is 16.5 Å². The van der Waals surface area contributed by atoms with Crippen molar-refractivity contribution >= 4 is 41.6 Å². The molecule has 1 aromatic heterocycles. The second kappa shape index (κ2) is 7.90. The van der Waals surface area contributed by atoms with Gasteiger partial charge in [-0.2, -0.15) is 14.9 Å². The third-order valence-electron chi connectivity index (χ3n) is 3.48. The highest BCUT2D eigenvalue weighted by Crippen LogP contribution is 2.22. The number of aromatic nitrogens is 3. The molecule has 0 amide bonds. The van der Waals surface area contributed by atoms with E-state index in [1.54, 1.807) is 18.2 Å². The summed E-state index contributed by atoms with van der Waals surface area (Å²) in [5.74, 6) is -0.359. The van der Waals surface area contributed by atoms with Crippen LogP contribution in [-0.4, -0.2) is 21.1 Å². The number of aromatic amines is 1. The van der Waals surface area contributed by atoms with Crippen molar-refractivity contribution in [2.45, 2.75) is 6.42 Å². The Morgan fingerprint density at radius 1 is 1.23 bits per heavy atom. The topological polar surface area (TPSA) is 63.0 Å². The summed E-state index contributed by atoms with van der Waals surface area (Å²) in [7, 11) is 0. The number of rotatable bonds is 4. The molecule has 3 rings (SSSR count). The lowest BCUT2D eigenvalue weighted by Gasteiger charge is -2.05. The highest BCUT2D eigenvalue weighted by atomic mass is 35.5. The Morgan fingerprint density at radius 2 is 1.96 bits per heavy atom. The average Bonchev–Trinajstić information content (AvgIpc) is 2.61. The number of nitrogens with one attached hydrogen (secondary N) is 1. The first kappa shape index (κ1) is 18.4. The van der Waals surface area contributed by atoms with Gasteiger partial charge in [0.1, 0.15) is 11.5 Å². The Balaban J connectivity index is 1.94. The minimum Gasteiger partial charge on any atom is -0.265 e. The predicted octanol–water partition coefficient (Wildman–Crippen LogP) is 4.22. The zero-order valence-corrected chi connectivity index (χ0v) is 15.4. The maximum absolute atomic E-state index is 12.9. The maximum Gasteiger partial charge on any atom is 0.297 e. The van der Waals surface area contributed by atoms with Crippen LogP contribution in [0.25, 0.3) is 0 Å². The van der Waals surface area contributed by atoms with Crippen molar-refractivity contribution in [1.29, 1.82) is 0 Å². The van der Waals surface area contributed by atoms with E-state index in [2.05, 4.69) is 15.3 Å². The molecule has 1 N–H and O–H groups in total. The van der Waals surface area contributed by atoms with Crippen molar-refractivity contribution in [2.75, 3.05) is 0 Å². The van der Waals surface area contributed by atoms with Crippen LogP contribution in [0.5, 0.6) is 0 Å². The molecule has 0 bridgehead atoms.